The van der Waals surface area contributed by atoms with E-state index >= 15 is 0 Å². The zero-order chi connectivity index (χ0) is 17.5. The maximum Gasteiger partial charge on any atom is 0.311 e. The molecule has 0 fully saturated rings. The van der Waals surface area contributed by atoms with Crippen molar-refractivity contribution in [3.63, 3.8) is 0 Å². The zero-order valence-corrected chi connectivity index (χ0v) is 15.6. The predicted octanol–water partition coefficient (Wildman–Crippen LogP) is 3.60. The van der Waals surface area contributed by atoms with Crippen LogP contribution in [0.5, 0.6) is 0 Å². The lowest BCUT2D eigenvalue weighted by molar-refractivity contribution is -0.142. The number of aryl methyl sites for hydroxylation is 2. The molecule has 0 spiro atoms. The summed E-state index contributed by atoms with van der Waals surface area (Å²) in [5.41, 5.74) is 3.62. The quantitative estimate of drug-likeness (QED) is 0.600. The van der Waals surface area contributed by atoms with E-state index in [1.165, 1.54) is 23.1 Å². The summed E-state index contributed by atoms with van der Waals surface area (Å²) in [7, 11) is 0. The minimum atomic E-state index is -0.285. The summed E-state index contributed by atoms with van der Waals surface area (Å²) in [5, 5.41) is 4.77. The third-order valence-electron chi connectivity index (χ3n) is 3.23. The molecule has 0 saturated carbocycles. The monoisotopic (exact) mass is 364 g/mol. The van der Waals surface area contributed by atoms with Crippen LogP contribution in [0.3, 0.4) is 0 Å². The topological polar surface area (TPSA) is 68.3 Å². The molecular formula is C17H20N2O3S2. The molecule has 1 aromatic carbocycles. The Kier molecular flexibility index (Phi) is 6.81. The third kappa shape index (κ3) is 5.35. The van der Waals surface area contributed by atoms with Gasteiger partial charge in [-0.1, -0.05) is 30.0 Å². The fourth-order valence-electron chi connectivity index (χ4n) is 2.11. The number of aromatic nitrogens is 1. The number of thioether (sulfide) groups is 1. The van der Waals surface area contributed by atoms with Crippen LogP contribution in [0, 0.1) is 13.8 Å². The lowest BCUT2D eigenvalue weighted by atomic mass is 10.1. The minimum absolute atomic E-state index is 0.0699. The van der Waals surface area contributed by atoms with Crippen LogP contribution in [0.25, 0.3) is 0 Å². The Morgan fingerprint density at radius 2 is 2.00 bits per heavy atom. The van der Waals surface area contributed by atoms with Crippen LogP contribution in [0.15, 0.2) is 27.9 Å². The number of carbonyl (C=O) groups excluding carboxylic acids is 2. The van der Waals surface area contributed by atoms with Gasteiger partial charge in [-0.3, -0.25) is 9.59 Å². The van der Waals surface area contributed by atoms with Gasteiger partial charge >= 0.3 is 5.97 Å². The highest BCUT2D eigenvalue weighted by Crippen LogP contribution is 2.24. The molecule has 0 saturated heterocycles. The molecule has 0 radical (unpaired) electrons. The van der Waals surface area contributed by atoms with Gasteiger partial charge in [-0.15, -0.1) is 11.3 Å². The number of rotatable bonds is 7. The van der Waals surface area contributed by atoms with Crippen molar-refractivity contribution in [2.75, 3.05) is 17.7 Å². The van der Waals surface area contributed by atoms with E-state index in [0.717, 1.165) is 21.2 Å². The molecule has 0 bridgehead atoms. The summed E-state index contributed by atoms with van der Waals surface area (Å²) >= 11 is 2.79. The average molecular weight is 364 g/mol. The summed E-state index contributed by atoms with van der Waals surface area (Å²) in [6.07, 6.45) is 0.166. The Bertz CT molecular complexity index is 708. The Balaban J connectivity index is 1.86. The van der Waals surface area contributed by atoms with Gasteiger partial charge in [0.15, 0.2) is 4.34 Å². The number of thiazole rings is 1. The number of ether oxygens (including phenoxy) is 1. The van der Waals surface area contributed by atoms with Gasteiger partial charge in [0.25, 0.3) is 0 Å². The Morgan fingerprint density at radius 3 is 2.67 bits per heavy atom. The lowest BCUT2D eigenvalue weighted by Gasteiger charge is -2.10. The van der Waals surface area contributed by atoms with Crippen molar-refractivity contribution in [2.45, 2.75) is 31.5 Å². The molecular weight excluding hydrogens is 344 g/mol. The standard InChI is InChI=1S/C17H20N2O3S2/c1-4-22-15(21)8-13-9-23-17(18-13)24-10-14(20)19-16-11(2)6-5-7-12(16)3/h5-7,9H,4,8,10H2,1-3H3,(H,19,20). The van der Waals surface area contributed by atoms with Crippen molar-refractivity contribution in [1.82, 2.24) is 4.98 Å². The van der Waals surface area contributed by atoms with Crippen molar-refractivity contribution in [3.8, 4) is 0 Å². The van der Waals surface area contributed by atoms with E-state index in [-0.39, 0.29) is 24.1 Å². The molecule has 0 aliphatic heterocycles. The van der Waals surface area contributed by atoms with E-state index in [0.29, 0.717) is 12.3 Å². The van der Waals surface area contributed by atoms with E-state index in [1.807, 2.05) is 37.4 Å². The molecule has 1 heterocycles. The summed E-state index contributed by atoms with van der Waals surface area (Å²) in [5.74, 6) is -0.0770. The maximum absolute atomic E-state index is 12.1. The summed E-state index contributed by atoms with van der Waals surface area (Å²) in [4.78, 5) is 27.9. The van der Waals surface area contributed by atoms with Crippen LogP contribution in [-0.4, -0.2) is 29.2 Å². The number of anilines is 1. The molecule has 0 aliphatic carbocycles. The van der Waals surface area contributed by atoms with E-state index in [9.17, 15) is 9.59 Å². The predicted molar refractivity (Wildman–Crippen MR) is 97.7 cm³/mol. The minimum Gasteiger partial charge on any atom is -0.466 e. The number of amides is 1. The highest BCUT2D eigenvalue weighted by Gasteiger charge is 2.11. The van der Waals surface area contributed by atoms with Crippen molar-refractivity contribution in [3.05, 3.63) is 40.4 Å². The fraction of sp³-hybridized carbons (Fsp3) is 0.353. The van der Waals surface area contributed by atoms with Crippen molar-refractivity contribution in [2.24, 2.45) is 0 Å². The summed E-state index contributed by atoms with van der Waals surface area (Å²) in [6.45, 7) is 6.08. The third-order valence-corrected chi connectivity index (χ3v) is 5.30. The second-order valence-electron chi connectivity index (χ2n) is 5.19. The first-order valence-electron chi connectivity index (χ1n) is 7.58. The molecule has 24 heavy (non-hydrogen) atoms. The van der Waals surface area contributed by atoms with Gasteiger partial charge in [0.2, 0.25) is 5.91 Å². The average Bonchev–Trinajstić information content (AvgIpc) is 2.97. The van der Waals surface area contributed by atoms with E-state index in [4.69, 9.17) is 4.74 Å². The molecule has 0 unspecified atom stereocenters. The van der Waals surface area contributed by atoms with Gasteiger partial charge in [-0.25, -0.2) is 4.98 Å². The fourth-order valence-corrected chi connectivity index (χ4v) is 3.75. The van der Waals surface area contributed by atoms with Gasteiger partial charge in [0.05, 0.1) is 24.5 Å². The lowest BCUT2D eigenvalue weighted by Crippen LogP contribution is -2.15. The largest absolute Gasteiger partial charge is 0.466 e. The van der Waals surface area contributed by atoms with Gasteiger partial charge < -0.3 is 10.1 Å². The van der Waals surface area contributed by atoms with Crippen LogP contribution < -0.4 is 5.32 Å². The molecule has 5 nitrogen and oxygen atoms in total. The number of nitrogens with one attached hydrogen (secondary N) is 1. The zero-order valence-electron chi connectivity index (χ0n) is 13.9. The van der Waals surface area contributed by atoms with Gasteiger partial charge in [0.1, 0.15) is 0 Å². The number of carbonyl (C=O) groups is 2. The first kappa shape index (κ1) is 18.5. The number of esters is 1. The molecule has 2 aromatic rings. The van der Waals surface area contributed by atoms with Crippen molar-refractivity contribution < 1.29 is 14.3 Å². The van der Waals surface area contributed by atoms with Gasteiger partial charge in [-0.2, -0.15) is 0 Å². The second kappa shape index (κ2) is 8.84. The molecule has 2 rings (SSSR count). The normalized spacial score (nSPS) is 10.5. The van der Waals surface area contributed by atoms with E-state index in [1.54, 1.807) is 6.92 Å². The SMILES string of the molecule is CCOC(=O)Cc1csc(SCC(=O)Nc2c(C)cccc2C)n1. The number of benzene rings is 1. The molecule has 0 atom stereocenters. The second-order valence-corrected chi connectivity index (χ2v) is 7.27. The van der Waals surface area contributed by atoms with Crippen LogP contribution in [0.4, 0.5) is 5.69 Å². The van der Waals surface area contributed by atoms with Crippen LogP contribution in [0.2, 0.25) is 0 Å². The highest BCUT2D eigenvalue weighted by atomic mass is 32.2. The Hall–Kier alpha value is -1.86. The first-order valence-corrected chi connectivity index (χ1v) is 9.45. The Labute approximate surface area is 149 Å². The van der Waals surface area contributed by atoms with Gasteiger partial charge in [0, 0.05) is 11.1 Å². The molecule has 1 amide bonds. The molecule has 0 aliphatic rings. The number of hydrogen-bond acceptors (Lipinski definition) is 6. The van der Waals surface area contributed by atoms with E-state index < -0.39 is 0 Å². The maximum atomic E-state index is 12.1. The van der Waals surface area contributed by atoms with Crippen LogP contribution in [-0.2, 0) is 20.7 Å². The summed E-state index contributed by atoms with van der Waals surface area (Å²) in [6, 6.07) is 5.91. The summed E-state index contributed by atoms with van der Waals surface area (Å²) < 4.78 is 5.67. The number of hydrogen-bond donors (Lipinski definition) is 1. The Morgan fingerprint density at radius 1 is 1.29 bits per heavy atom. The van der Waals surface area contributed by atoms with Crippen LogP contribution in [0.1, 0.15) is 23.7 Å². The van der Waals surface area contributed by atoms with Crippen molar-refractivity contribution in [1.29, 1.82) is 0 Å². The van der Waals surface area contributed by atoms with Gasteiger partial charge in [-0.05, 0) is 31.9 Å². The first-order chi connectivity index (χ1) is 11.5. The smallest absolute Gasteiger partial charge is 0.311 e. The van der Waals surface area contributed by atoms with Crippen LogP contribution >= 0.6 is 23.1 Å². The number of para-hydroxylation sites is 1. The molecule has 128 valence electrons. The number of nitrogens with zero attached hydrogens (tertiary/aromatic N) is 1. The molecule has 7 heteroatoms. The van der Waals surface area contributed by atoms with E-state index in [2.05, 4.69) is 10.3 Å². The highest BCUT2D eigenvalue weighted by molar-refractivity contribution is 8.01. The molecule has 1 N–H and O–H groups in total. The molecule has 1 aromatic heterocycles. The van der Waals surface area contributed by atoms with Crippen molar-refractivity contribution >= 4 is 40.7 Å².